The molecule has 5 heteroatoms. The molecule has 1 aromatic heterocycles. The highest BCUT2D eigenvalue weighted by Crippen LogP contribution is 2.43. The molecule has 0 aromatic carbocycles. The zero-order valence-electron chi connectivity index (χ0n) is 8.73. The quantitative estimate of drug-likeness (QED) is 0.738. The Morgan fingerprint density at radius 3 is 2.87 bits per heavy atom. The van der Waals surface area contributed by atoms with E-state index in [9.17, 15) is 4.79 Å². The highest BCUT2D eigenvalue weighted by Gasteiger charge is 2.34. The Labute approximate surface area is 92.2 Å². The molecule has 0 amide bonds. The minimum absolute atomic E-state index is 0.0495. The van der Waals surface area contributed by atoms with Gasteiger partial charge in [-0.05, 0) is 18.8 Å². The number of thiazole rings is 1. The Bertz CT molecular complexity index is 359. The van der Waals surface area contributed by atoms with Crippen molar-refractivity contribution in [3.63, 3.8) is 0 Å². The van der Waals surface area contributed by atoms with Crippen LogP contribution in [0, 0.1) is 5.92 Å². The van der Waals surface area contributed by atoms with Crippen LogP contribution < -0.4 is 0 Å². The topological polar surface area (TPSA) is 48.4 Å². The number of hydrogen-bond acceptors (Lipinski definition) is 5. The first kappa shape index (κ1) is 10.6. The summed E-state index contributed by atoms with van der Waals surface area (Å²) >= 11 is 1.46. The van der Waals surface area contributed by atoms with E-state index in [-0.39, 0.29) is 12.1 Å². The van der Waals surface area contributed by atoms with E-state index in [4.69, 9.17) is 4.74 Å². The van der Waals surface area contributed by atoms with Crippen molar-refractivity contribution in [2.45, 2.75) is 18.9 Å². The second kappa shape index (κ2) is 4.28. The van der Waals surface area contributed by atoms with Crippen molar-refractivity contribution in [1.82, 2.24) is 4.98 Å². The average molecular weight is 227 g/mol. The van der Waals surface area contributed by atoms with Crippen LogP contribution in [0.2, 0.25) is 0 Å². The van der Waals surface area contributed by atoms with Crippen molar-refractivity contribution >= 4 is 17.3 Å². The third kappa shape index (κ3) is 2.18. The van der Waals surface area contributed by atoms with Gasteiger partial charge in [-0.1, -0.05) is 0 Å². The van der Waals surface area contributed by atoms with Crippen LogP contribution in [0.3, 0.4) is 0 Å². The molecule has 0 radical (unpaired) electrons. The first-order chi connectivity index (χ1) is 7.26. The Hall–Kier alpha value is -0.940. The lowest BCUT2D eigenvalue weighted by Crippen LogP contribution is -2.06. The summed E-state index contributed by atoms with van der Waals surface area (Å²) in [5, 5.41) is 2.59. The molecule has 1 atom stereocenters. The van der Waals surface area contributed by atoms with E-state index in [1.807, 2.05) is 0 Å². The summed E-state index contributed by atoms with van der Waals surface area (Å²) in [6, 6.07) is 0. The van der Waals surface area contributed by atoms with Gasteiger partial charge in [0.15, 0.2) is 5.69 Å². The van der Waals surface area contributed by atoms with Gasteiger partial charge in [0.2, 0.25) is 0 Å². The van der Waals surface area contributed by atoms with E-state index < -0.39 is 0 Å². The van der Waals surface area contributed by atoms with Crippen LogP contribution in [0.25, 0.3) is 0 Å². The van der Waals surface area contributed by atoms with Gasteiger partial charge in [0, 0.05) is 12.5 Å². The summed E-state index contributed by atoms with van der Waals surface area (Å²) in [6.45, 7) is 0. The summed E-state index contributed by atoms with van der Waals surface area (Å²) in [7, 11) is 3.04. The van der Waals surface area contributed by atoms with Gasteiger partial charge in [0.1, 0.15) is 11.1 Å². The van der Waals surface area contributed by atoms with E-state index in [1.165, 1.54) is 31.3 Å². The van der Waals surface area contributed by atoms with Crippen molar-refractivity contribution < 1.29 is 14.3 Å². The lowest BCUT2D eigenvalue weighted by atomic mass is 10.2. The maximum Gasteiger partial charge on any atom is 0.357 e. The second-order valence-electron chi connectivity index (χ2n) is 3.56. The van der Waals surface area contributed by atoms with Crippen molar-refractivity contribution in [1.29, 1.82) is 0 Å². The Morgan fingerprint density at radius 2 is 2.33 bits per heavy atom. The summed E-state index contributed by atoms with van der Waals surface area (Å²) in [4.78, 5) is 15.4. The lowest BCUT2D eigenvalue weighted by molar-refractivity contribution is 0.0591. The largest absolute Gasteiger partial charge is 0.464 e. The van der Waals surface area contributed by atoms with E-state index in [1.54, 1.807) is 12.5 Å². The molecule has 0 saturated heterocycles. The van der Waals surface area contributed by atoms with Gasteiger partial charge in [0.25, 0.3) is 0 Å². The molecule has 1 unspecified atom stereocenters. The number of carbonyl (C=O) groups is 1. The van der Waals surface area contributed by atoms with Crippen molar-refractivity contribution in [3.8, 4) is 0 Å². The summed E-state index contributed by atoms with van der Waals surface area (Å²) in [6.07, 6.45) is 2.42. The van der Waals surface area contributed by atoms with E-state index in [0.717, 1.165) is 5.01 Å². The number of esters is 1. The molecule has 1 aliphatic carbocycles. The first-order valence-electron chi connectivity index (χ1n) is 4.82. The monoisotopic (exact) mass is 227 g/mol. The van der Waals surface area contributed by atoms with Crippen LogP contribution in [0.1, 0.15) is 34.4 Å². The van der Waals surface area contributed by atoms with Crippen LogP contribution in [0.5, 0.6) is 0 Å². The number of hydrogen-bond donors (Lipinski definition) is 0. The van der Waals surface area contributed by atoms with Gasteiger partial charge in [-0.3, -0.25) is 0 Å². The molecular formula is C10H13NO3S. The molecule has 2 rings (SSSR count). The van der Waals surface area contributed by atoms with E-state index in [0.29, 0.717) is 11.6 Å². The second-order valence-corrected chi connectivity index (χ2v) is 4.45. The number of methoxy groups -OCH3 is 2. The molecule has 1 fully saturated rings. The smallest absolute Gasteiger partial charge is 0.357 e. The van der Waals surface area contributed by atoms with Gasteiger partial charge < -0.3 is 9.47 Å². The Balaban J connectivity index is 2.14. The third-order valence-electron chi connectivity index (χ3n) is 2.46. The Morgan fingerprint density at radius 1 is 1.60 bits per heavy atom. The van der Waals surface area contributed by atoms with E-state index in [2.05, 4.69) is 9.72 Å². The molecule has 82 valence electrons. The highest BCUT2D eigenvalue weighted by atomic mass is 32.1. The van der Waals surface area contributed by atoms with Crippen LogP contribution in [-0.4, -0.2) is 25.2 Å². The molecule has 4 nitrogen and oxygen atoms in total. The first-order valence-corrected chi connectivity index (χ1v) is 5.70. The van der Waals surface area contributed by atoms with Gasteiger partial charge in [-0.25, -0.2) is 9.78 Å². The van der Waals surface area contributed by atoms with Crippen molar-refractivity contribution in [2.75, 3.05) is 14.2 Å². The molecular weight excluding hydrogens is 214 g/mol. The standard InChI is InChI=1S/C10H13NO3S/c1-13-8(6-3-4-6)9-11-7(5-15-9)10(12)14-2/h5-6,8H,3-4H2,1-2H3. The Kier molecular flexibility index (Phi) is 3.02. The van der Waals surface area contributed by atoms with Gasteiger partial charge in [-0.2, -0.15) is 0 Å². The third-order valence-corrected chi connectivity index (χ3v) is 3.37. The normalized spacial score (nSPS) is 17.5. The van der Waals surface area contributed by atoms with Gasteiger partial charge >= 0.3 is 5.97 Å². The molecule has 0 N–H and O–H groups in total. The molecule has 1 aromatic rings. The fourth-order valence-electron chi connectivity index (χ4n) is 1.51. The molecule has 1 heterocycles. The lowest BCUT2D eigenvalue weighted by Gasteiger charge is -2.09. The summed E-state index contributed by atoms with van der Waals surface area (Å²) < 4.78 is 9.99. The number of ether oxygens (including phenoxy) is 2. The average Bonchev–Trinajstić information content (AvgIpc) is 2.96. The molecule has 0 spiro atoms. The predicted octanol–water partition coefficient (Wildman–Crippen LogP) is 2.03. The molecule has 1 aliphatic rings. The van der Waals surface area contributed by atoms with Crippen molar-refractivity contribution in [3.05, 3.63) is 16.1 Å². The zero-order valence-corrected chi connectivity index (χ0v) is 9.54. The summed E-state index contributed by atoms with van der Waals surface area (Å²) in [5.74, 6) is 0.190. The number of carbonyl (C=O) groups excluding carboxylic acids is 1. The van der Waals surface area contributed by atoms with E-state index >= 15 is 0 Å². The number of rotatable bonds is 4. The molecule has 1 saturated carbocycles. The van der Waals surface area contributed by atoms with Gasteiger partial charge in [-0.15, -0.1) is 11.3 Å². The summed E-state index contributed by atoms with van der Waals surface area (Å²) in [5.41, 5.74) is 0.375. The van der Waals surface area contributed by atoms with Crippen LogP contribution in [0.15, 0.2) is 5.38 Å². The number of aromatic nitrogens is 1. The fraction of sp³-hybridized carbons (Fsp3) is 0.600. The maximum absolute atomic E-state index is 11.2. The maximum atomic E-state index is 11.2. The highest BCUT2D eigenvalue weighted by molar-refractivity contribution is 7.09. The van der Waals surface area contributed by atoms with Crippen LogP contribution in [-0.2, 0) is 9.47 Å². The predicted molar refractivity (Wildman–Crippen MR) is 55.9 cm³/mol. The van der Waals surface area contributed by atoms with Crippen molar-refractivity contribution in [2.24, 2.45) is 5.92 Å². The van der Waals surface area contributed by atoms with Gasteiger partial charge in [0.05, 0.1) is 7.11 Å². The van der Waals surface area contributed by atoms with Crippen LogP contribution >= 0.6 is 11.3 Å². The molecule has 0 aliphatic heterocycles. The fourth-order valence-corrected chi connectivity index (χ4v) is 2.47. The minimum atomic E-state index is -0.386. The number of nitrogens with zero attached hydrogens (tertiary/aromatic N) is 1. The minimum Gasteiger partial charge on any atom is -0.464 e. The molecule has 0 bridgehead atoms. The zero-order chi connectivity index (χ0) is 10.8. The SMILES string of the molecule is COC(=O)c1csc(C(OC)C2CC2)n1. The molecule has 15 heavy (non-hydrogen) atoms. The van der Waals surface area contributed by atoms with Crippen LogP contribution in [0.4, 0.5) is 0 Å².